The van der Waals surface area contributed by atoms with Crippen LogP contribution in [0.4, 0.5) is 11.4 Å². The molecule has 0 aliphatic heterocycles. The molecule has 0 bridgehead atoms. The number of nitrogens with zero attached hydrogens (tertiary/aromatic N) is 5. The van der Waals surface area contributed by atoms with Crippen molar-refractivity contribution in [2.24, 2.45) is 0 Å². The van der Waals surface area contributed by atoms with Gasteiger partial charge < -0.3 is 10.1 Å². The van der Waals surface area contributed by atoms with E-state index in [2.05, 4.69) is 25.9 Å². The Morgan fingerprint density at radius 1 is 1.43 bits per heavy atom. The average molecular weight is 398 g/mol. The largest absolute Gasteiger partial charge is 0.455 e. The number of para-hydroxylation sites is 1. The topological polar surface area (TPSA) is 143 Å². The second-order valence-electron chi connectivity index (χ2n) is 5.51. The third-order valence-electron chi connectivity index (χ3n) is 3.58. The van der Waals surface area contributed by atoms with E-state index in [9.17, 15) is 15.4 Å². The minimum absolute atomic E-state index is 0.0867. The number of hydrogen-bond acceptors (Lipinski definition) is 8. The van der Waals surface area contributed by atoms with Gasteiger partial charge in [-0.1, -0.05) is 23.7 Å². The summed E-state index contributed by atoms with van der Waals surface area (Å²) in [6, 6.07) is 11.3. The number of H-pyrrole nitrogens is 1. The van der Waals surface area contributed by atoms with Gasteiger partial charge in [-0.25, -0.2) is 0 Å². The van der Waals surface area contributed by atoms with Gasteiger partial charge in [0.15, 0.2) is 0 Å². The zero-order valence-electron chi connectivity index (χ0n) is 14.4. The first-order valence-electron chi connectivity index (χ1n) is 7.81. The summed E-state index contributed by atoms with van der Waals surface area (Å²) in [6.45, 7) is 1.81. The fourth-order valence-corrected chi connectivity index (χ4v) is 2.53. The number of nitro groups is 1. The molecule has 0 atom stereocenters. The first kappa shape index (κ1) is 18.8. The standard InChI is InChI=1S/C17H12ClN7O3/c1-10-3-2-4-15(18)16(10)28-14-6-12(5-13(7-14)25(26)27)20-9-11(8-19)17-21-23-24-22-17/h2-7,9,20H,1H3,(H,21,22,23,24). The van der Waals surface area contributed by atoms with Crippen LogP contribution < -0.4 is 10.1 Å². The van der Waals surface area contributed by atoms with Gasteiger partial charge in [0.2, 0.25) is 5.82 Å². The number of nitrogens with one attached hydrogen (secondary N) is 2. The molecular weight excluding hydrogens is 386 g/mol. The van der Waals surface area contributed by atoms with Gasteiger partial charge in [0.05, 0.1) is 16.0 Å². The van der Waals surface area contributed by atoms with Crippen LogP contribution in [0.5, 0.6) is 11.5 Å². The van der Waals surface area contributed by atoms with Crippen molar-refractivity contribution in [1.82, 2.24) is 20.6 Å². The van der Waals surface area contributed by atoms with Crippen LogP contribution >= 0.6 is 11.6 Å². The molecule has 140 valence electrons. The zero-order valence-corrected chi connectivity index (χ0v) is 15.1. The number of rotatable bonds is 6. The summed E-state index contributed by atoms with van der Waals surface area (Å²) >= 11 is 6.16. The lowest BCUT2D eigenvalue weighted by Gasteiger charge is -2.11. The molecule has 2 aromatic carbocycles. The van der Waals surface area contributed by atoms with Gasteiger partial charge in [0, 0.05) is 24.0 Å². The number of anilines is 1. The molecule has 0 saturated heterocycles. The zero-order chi connectivity index (χ0) is 20.1. The van der Waals surface area contributed by atoms with E-state index in [0.717, 1.165) is 5.56 Å². The minimum Gasteiger partial charge on any atom is -0.455 e. The van der Waals surface area contributed by atoms with Crippen molar-refractivity contribution in [3.63, 3.8) is 0 Å². The van der Waals surface area contributed by atoms with Crippen molar-refractivity contribution in [2.45, 2.75) is 6.92 Å². The molecule has 11 heteroatoms. The summed E-state index contributed by atoms with van der Waals surface area (Å²) in [5.41, 5.74) is 0.989. The number of allylic oxidation sites excluding steroid dienone is 1. The molecule has 3 aromatic rings. The summed E-state index contributed by atoms with van der Waals surface area (Å²) in [7, 11) is 0. The molecular formula is C17H12ClN7O3. The molecule has 10 nitrogen and oxygen atoms in total. The van der Waals surface area contributed by atoms with Gasteiger partial charge in [-0.2, -0.15) is 10.5 Å². The van der Waals surface area contributed by atoms with E-state index in [0.29, 0.717) is 16.5 Å². The van der Waals surface area contributed by atoms with Crippen molar-refractivity contribution < 1.29 is 9.66 Å². The van der Waals surface area contributed by atoms with Crippen LogP contribution in [0.3, 0.4) is 0 Å². The summed E-state index contributed by atoms with van der Waals surface area (Å²) < 4.78 is 5.78. The first-order chi connectivity index (χ1) is 13.5. The number of tetrazole rings is 1. The lowest BCUT2D eigenvalue weighted by atomic mass is 10.2. The number of ether oxygens (including phenoxy) is 1. The highest BCUT2D eigenvalue weighted by atomic mass is 35.5. The van der Waals surface area contributed by atoms with Crippen LogP contribution in [0.1, 0.15) is 11.4 Å². The Hall–Kier alpha value is -3.97. The maximum atomic E-state index is 11.3. The Morgan fingerprint density at radius 2 is 2.25 bits per heavy atom. The molecule has 0 saturated carbocycles. The molecule has 3 rings (SSSR count). The second kappa shape index (κ2) is 8.15. The van der Waals surface area contributed by atoms with E-state index in [4.69, 9.17) is 16.3 Å². The second-order valence-corrected chi connectivity index (χ2v) is 5.92. The maximum Gasteiger partial charge on any atom is 0.275 e. The van der Waals surface area contributed by atoms with Crippen molar-refractivity contribution in [2.75, 3.05) is 5.32 Å². The van der Waals surface area contributed by atoms with E-state index >= 15 is 0 Å². The number of aryl methyl sites for hydroxylation is 1. The highest BCUT2D eigenvalue weighted by Crippen LogP contribution is 2.35. The Kier molecular flexibility index (Phi) is 5.48. The molecule has 2 N–H and O–H groups in total. The minimum atomic E-state index is -0.550. The van der Waals surface area contributed by atoms with Crippen molar-refractivity contribution in [3.8, 4) is 17.6 Å². The van der Waals surface area contributed by atoms with Crippen LogP contribution in [-0.4, -0.2) is 25.5 Å². The molecule has 0 fully saturated rings. The summed E-state index contributed by atoms with van der Waals surface area (Å²) in [5.74, 6) is 0.693. The number of non-ortho nitro benzene ring substituents is 1. The third kappa shape index (κ3) is 4.22. The maximum absolute atomic E-state index is 11.3. The van der Waals surface area contributed by atoms with Crippen molar-refractivity contribution in [1.29, 1.82) is 5.26 Å². The quantitative estimate of drug-likeness (QED) is 0.362. The number of benzene rings is 2. The summed E-state index contributed by atoms with van der Waals surface area (Å²) in [6.07, 6.45) is 1.31. The highest BCUT2D eigenvalue weighted by Gasteiger charge is 2.14. The van der Waals surface area contributed by atoms with Crippen molar-refractivity contribution in [3.05, 3.63) is 69.1 Å². The van der Waals surface area contributed by atoms with Crippen LogP contribution in [0.25, 0.3) is 5.57 Å². The number of aromatic amines is 1. The molecule has 0 amide bonds. The average Bonchev–Trinajstić information content (AvgIpc) is 3.20. The van der Waals surface area contributed by atoms with Crippen molar-refractivity contribution >= 4 is 28.5 Å². The Bertz CT molecular complexity index is 1070. The van der Waals surface area contributed by atoms with Gasteiger partial charge in [-0.3, -0.25) is 10.1 Å². The van der Waals surface area contributed by atoms with E-state index in [1.807, 2.05) is 19.1 Å². The Morgan fingerprint density at radius 3 is 2.89 bits per heavy atom. The molecule has 0 spiro atoms. The third-order valence-corrected chi connectivity index (χ3v) is 3.87. The van der Waals surface area contributed by atoms with E-state index in [-0.39, 0.29) is 22.8 Å². The van der Waals surface area contributed by atoms with E-state index < -0.39 is 4.92 Å². The van der Waals surface area contributed by atoms with Gasteiger partial charge in [0.1, 0.15) is 23.1 Å². The number of nitriles is 1. The first-order valence-corrected chi connectivity index (χ1v) is 8.19. The Balaban J connectivity index is 1.94. The number of halogens is 1. The lowest BCUT2D eigenvalue weighted by molar-refractivity contribution is -0.384. The number of nitro benzene ring substituents is 1. The predicted octanol–water partition coefficient (Wildman–Crippen LogP) is 3.84. The molecule has 0 radical (unpaired) electrons. The molecule has 28 heavy (non-hydrogen) atoms. The smallest absolute Gasteiger partial charge is 0.275 e. The summed E-state index contributed by atoms with van der Waals surface area (Å²) in [5, 5.41) is 36.7. The molecule has 0 aliphatic rings. The highest BCUT2D eigenvalue weighted by molar-refractivity contribution is 6.32. The van der Waals surface area contributed by atoms with Crippen LogP contribution in [0, 0.1) is 28.4 Å². The van der Waals surface area contributed by atoms with Gasteiger partial charge in [-0.05, 0) is 23.8 Å². The lowest BCUT2D eigenvalue weighted by Crippen LogP contribution is -1.97. The predicted molar refractivity (Wildman–Crippen MR) is 101 cm³/mol. The van der Waals surface area contributed by atoms with Gasteiger partial charge >= 0.3 is 0 Å². The number of hydrogen-bond donors (Lipinski definition) is 2. The fraction of sp³-hybridized carbons (Fsp3) is 0.0588. The monoisotopic (exact) mass is 397 g/mol. The molecule has 1 aromatic heterocycles. The van der Waals surface area contributed by atoms with E-state index in [1.54, 1.807) is 12.1 Å². The van der Waals surface area contributed by atoms with E-state index in [1.165, 1.54) is 24.4 Å². The molecule has 0 unspecified atom stereocenters. The number of aromatic nitrogens is 4. The van der Waals surface area contributed by atoms with Crippen LogP contribution in [0.15, 0.2) is 42.6 Å². The van der Waals surface area contributed by atoms with Gasteiger partial charge in [-0.15, -0.1) is 10.2 Å². The molecule has 1 heterocycles. The van der Waals surface area contributed by atoms with Crippen LogP contribution in [-0.2, 0) is 0 Å². The van der Waals surface area contributed by atoms with Crippen LogP contribution in [0.2, 0.25) is 5.02 Å². The Labute approximate surface area is 163 Å². The molecule has 0 aliphatic carbocycles. The van der Waals surface area contributed by atoms with Gasteiger partial charge in [0.25, 0.3) is 5.69 Å². The SMILES string of the molecule is Cc1cccc(Cl)c1Oc1cc(NC=C(C#N)c2nn[nH]n2)cc([N+](=O)[O-])c1. The fourth-order valence-electron chi connectivity index (χ4n) is 2.27. The normalized spacial score (nSPS) is 11.0. The summed E-state index contributed by atoms with van der Waals surface area (Å²) in [4.78, 5) is 10.7.